The van der Waals surface area contributed by atoms with Crippen molar-refractivity contribution in [3.05, 3.63) is 87.6 Å². The van der Waals surface area contributed by atoms with Gasteiger partial charge in [0.15, 0.2) is 5.78 Å². The van der Waals surface area contributed by atoms with Crippen LogP contribution in [0.2, 0.25) is 0 Å². The Kier molecular flexibility index (Phi) is 5.93. The number of carbonyl (C=O) groups is 3. The van der Waals surface area contributed by atoms with E-state index in [1.54, 1.807) is 24.3 Å². The van der Waals surface area contributed by atoms with Crippen LogP contribution >= 0.6 is 15.9 Å². The van der Waals surface area contributed by atoms with Crippen molar-refractivity contribution in [1.29, 1.82) is 0 Å². The number of carboxylic acid groups (broad SMARTS) is 1. The third kappa shape index (κ3) is 4.46. The highest BCUT2D eigenvalue weighted by atomic mass is 79.9. The van der Waals surface area contributed by atoms with Gasteiger partial charge in [0.2, 0.25) is 5.95 Å². The van der Waals surface area contributed by atoms with E-state index in [2.05, 4.69) is 31.2 Å². The number of fused-ring (bicyclic) bond motifs is 1. The van der Waals surface area contributed by atoms with Crippen molar-refractivity contribution >= 4 is 56.4 Å². The molecule has 0 aliphatic rings. The zero-order valence-corrected chi connectivity index (χ0v) is 18.7. The molecule has 0 saturated carbocycles. The fraction of sp³-hybridized carbons (Fsp3) is 0.0435. The highest BCUT2D eigenvalue weighted by molar-refractivity contribution is 9.10. The number of rotatable bonds is 5. The molecule has 0 saturated heterocycles. The summed E-state index contributed by atoms with van der Waals surface area (Å²) < 4.78 is 14.7. The highest BCUT2D eigenvalue weighted by Gasteiger charge is 2.20. The first-order chi connectivity index (χ1) is 15.7. The lowest BCUT2D eigenvalue weighted by molar-refractivity contribution is 0.0996. The first kappa shape index (κ1) is 22.2. The first-order valence-electron chi connectivity index (χ1n) is 9.61. The molecule has 0 fully saturated rings. The predicted molar refractivity (Wildman–Crippen MR) is 124 cm³/mol. The molecule has 2 amide bonds. The minimum atomic E-state index is -1.19. The van der Waals surface area contributed by atoms with E-state index in [9.17, 15) is 18.8 Å². The average molecular weight is 511 g/mol. The minimum Gasteiger partial charge on any atom is -0.465 e. The van der Waals surface area contributed by atoms with Crippen LogP contribution in [0, 0.1) is 5.82 Å². The first-order valence-corrected chi connectivity index (χ1v) is 10.4. The lowest BCUT2D eigenvalue weighted by atomic mass is 9.97. The smallest absolute Gasteiger partial charge is 0.413 e. The molecule has 0 spiro atoms. The minimum absolute atomic E-state index is 0.0226. The van der Waals surface area contributed by atoms with E-state index in [-0.39, 0.29) is 28.3 Å². The molecule has 0 aliphatic carbocycles. The summed E-state index contributed by atoms with van der Waals surface area (Å²) in [5.74, 6) is -1.57. The van der Waals surface area contributed by atoms with Crippen LogP contribution in [0.1, 0.15) is 26.3 Å². The van der Waals surface area contributed by atoms with Gasteiger partial charge in [-0.3, -0.25) is 14.5 Å². The number of ketones is 1. The highest BCUT2D eigenvalue weighted by Crippen LogP contribution is 2.24. The summed E-state index contributed by atoms with van der Waals surface area (Å²) in [5, 5.41) is 11.6. The molecule has 0 bridgehead atoms. The fourth-order valence-corrected chi connectivity index (χ4v) is 3.57. The van der Waals surface area contributed by atoms with E-state index in [0.717, 1.165) is 4.90 Å². The van der Waals surface area contributed by atoms with Crippen molar-refractivity contribution in [3.63, 3.8) is 0 Å². The second-order valence-electron chi connectivity index (χ2n) is 7.09. The van der Waals surface area contributed by atoms with Gasteiger partial charge in [0.1, 0.15) is 5.82 Å². The normalized spacial score (nSPS) is 10.8. The topological polar surface area (TPSA) is 115 Å². The van der Waals surface area contributed by atoms with Gasteiger partial charge in [-0.05, 0) is 42.5 Å². The SMILES string of the molecule is CN(C(=O)O)c1nc2ccc(C(=O)c3ccccc3C(=O)Nc3cc(Br)ccc3F)cc2[nH]1. The molecule has 1 aromatic heterocycles. The lowest BCUT2D eigenvalue weighted by Crippen LogP contribution is -2.24. The molecule has 3 aromatic carbocycles. The van der Waals surface area contributed by atoms with Crippen molar-refractivity contribution in [2.24, 2.45) is 0 Å². The Balaban J connectivity index is 1.66. The molecule has 166 valence electrons. The van der Waals surface area contributed by atoms with Gasteiger partial charge in [0, 0.05) is 22.6 Å². The van der Waals surface area contributed by atoms with Crippen molar-refractivity contribution < 1.29 is 23.9 Å². The van der Waals surface area contributed by atoms with E-state index in [1.807, 2.05) is 0 Å². The summed E-state index contributed by atoms with van der Waals surface area (Å²) in [4.78, 5) is 45.2. The number of aromatic amines is 1. The standard InChI is InChI=1S/C23H16BrFN4O4/c1-29(23(32)33)22-27-17-9-6-12(10-19(17)28-22)20(30)14-4-2-3-5-15(14)21(31)26-18-11-13(24)7-8-16(18)25/h2-11H,1H3,(H,26,31)(H,27,28)(H,32,33). The van der Waals surface area contributed by atoms with Gasteiger partial charge in [-0.1, -0.05) is 34.1 Å². The maximum Gasteiger partial charge on any atom is 0.413 e. The second kappa shape index (κ2) is 8.83. The average Bonchev–Trinajstić information content (AvgIpc) is 3.23. The summed E-state index contributed by atoms with van der Waals surface area (Å²) in [6.45, 7) is 0. The molecule has 0 atom stereocenters. The quantitative estimate of drug-likeness (QED) is 0.324. The van der Waals surface area contributed by atoms with Crippen molar-refractivity contribution in [1.82, 2.24) is 9.97 Å². The molecule has 4 rings (SSSR count). The molecular formula is C23H16BrFN4O4. The van der Waals surface area contributed by atoms with Crippen LogP contribution in [0.5, 0.6) is 0 Å². The number of benzene rings is 3. The molecule has 33 heavy (non-hydrogen) atoms. The Hall–Kier alpha value is -4.05. The van der Waals surface area contributed by atoms with Crippen molar-refractivity contribution in [2.75, 3.05) is 17.3 Å². The van der Waals surface area contributed by atoms with Crippen LogP contribution in [-0.4, -0.2) is 39.9 Å². The third-order valence-electron chi connectivity index (χ3n) is 4.93. The van der Waals surface area contributed by atoms with Crippen LogP contribution in [0.4, 0.5) is 20.8 Å². The summed E-state index contributed by atoms with van der Waals surface area (Å²) in [6, 6.07) is 15.0. The number of anilines is 2. The molecular weight excluding hydrogens is 495 g/mol. The zero-order chi connectivity index (χ0) is 23.7. The molecule has 0 aliphatic heterocycles. The third-order valence-corrected chi connectivity index (χ3v) is 5.42. The summed E-state index contributed by atoms with van der Waals surface area (Å²) in [6.07, 6.45) is -1.19. The van der Waals surface area contributed by atoms with Gasteiger partial charge in [-0.25, -0.2) is 14.2 Å². The van der Waals surface area contributed by atoms with Crippen LogP contribution in [0.3, 0.4) is 0 Å². The van der Waals surface area contributed by atoms with Gasteiger partial charge >= 0.3 is 6.09 Å². The van der Waals surface area contributed by atoms with Crippen molar-refractivity contribution in [2.45, 2.75) is 0 Å². The number of nitrogens with one attached hydrogen (secondary N) is 2. The van der Waals surface area contributed by atoms with E-state index in [4.69, 9.17) is 5.11 Å². The predicted octanol–water partition coefficient (Wildman–Crippen LogP) is 5.06. The number of H-pyrrole nitrogens is 1. The monoisotopic (exact) mass is 510 g/mol. The largest absolute Gasteiger partial charge is 0.465 e. The van der Waals surface area contributed by atoms with Crippen LogP contribution < -0.4 is 10.2 Å². The van der Waals surface area contributed by atoms with E-state index >= 15 is 0 Å². The molecule has 0 radical (unpaired) electrons. The van der Waals surface area contributed by atoms with Crippen LogP contribution in [0.25, 0.3) is 11.0 Å². The summed E-state index contributed by atoms with van der Waals surface area (Å²) in [5.41, 5.74) is 1.40. The van der Waals surface area contributed by atoms with Gasteiger partial charge in [0.25, 0.3) is 5.91 Å². The van der Waals surface area contributed by atoms with Crippen LogP contribution in [0.15, 0.2) is 65.1 Å². The lowest BCUT2D eigenvalue weighted by Gasteiger charge is -2.11. The number of nitrogens with zero attached hydrogens (tertiary/aromatic N) is 2. The Morgan fingerprint density at radius 2 is 1.79 bits per heavy atom. The summed E-state index contributed by atoms with van der Waals surface area (Å²) >= 11 is 3.23. The molecule has 10 heteroatoms. The molecule has 0 unspecified atom stereocenters. The Morgan fingerprint density at radius 1 is 1.06 bits per heavy atom. The number of amides is 2. The number of carbonyl (C=O) groups excluding carboxylic acids is 2. The summed E-state index contributed by atoms with van der Waals surface area (Å²) in [7, 11) is 1.34. The Morgan fingerprint density at radius 3 is 2.52 bits per heavy atom. The van der Waals surface area contributed by atoms with E-state index < -0.39 is 23.6 Å². The van der Waals surface area contributed by atoms with Gasteiger partial charge in [-0.15, -0.1) is 0 Å². The Labute approximate surface area is 195 Å². The van der Waals surface area contributed by atoms with Gasteiger partial charge < -0.3 is 15.4 Å². The molecule has 8 nitrogen and oxygen atoms in total. The second-order valence-corrected chi connectivity index (χ2v) is 8.00. The van der Waals surface area contributed by atoms with Gasteiger partial charge in [0.05, 0.1) is 22.3 Å². The molecule has 1 heterocycles. The number of imidazole rings is 1. The van der Waals surface area contributed by atoms with Crippen molar-refractivity contribution in [3.8, 4) is 0 Å². The van der Waals surface area contributed by atoms with Crippen LogP contribution in [-0.2, 0) is 0 Å². The van der Waals surface area contributed by atoms with E-state index in [1.165, 1.54) is 43.4 Å². The fourth-order valence-electron chi connectivity index (χ4n) is 3.20. The number of halogens is 2. The number of aromatic nitrogens is 2. The van der Waals surface area contributed by atoms with E-state index in [0.29, 0.717) is 15.5 Å². The number of hydrogen-bond acceptors (Lipinski definition) is 4. The maximum atomic E-state index is 14.1. The molecule has 3 N–H and O–H groups in total. The number of hydrogen-bond donors (Lipinski definition) is 3. The van der Waals surface area contributed by atoms with Gasteiger partial charge in [-0.2, -0.15) is 0 Å². The Bertz CT molecular complexity index is 1420. The maximum absolute atomic E-state index is 14.1. The molecule has 4 aromatic rings. The zero-order valence-electron chi connectivity index (χ0n) is 17.1.